The Labute approximate surface area is 118 Å². The van der Waals surface area contributed by atoms with Gasteiger partial charge in [0, 0.05) is 24.6 Å². The van der Waals surface area contributed by atoms with E-state index in [0.29, 0.717) is 18.2 Å². The highest BCUT2D eigenvalue weighted by molar-refractivity contribution is 6.31. The molecule has 2 aromatic rings. The van der Waals surface area contributed by atoms with Crippen molar-refractivity contribution in [3.05, 3.63) is 53.8 Å². The molecular weight excluding hydrogens is 291 g/mol. The molecule has 0 saturated carbocycles. The minimum Gasteiger partial charge on any atom is -0.352 e. The van der Waals surface area contributed by atoms with Crippen LogP contribution in [-0.4, -0.2) is 16.1 Å². The molecule has 0 unspecified atom stereocenters. The van der Waals surface area contributed by atoms with Gasteiger partial charge in [-0.25, -0.2) is 4.98 Å². The molecule has 0 radical (unpaired) electrons. The number of alkyl halides is 3. The first-order valence-electron chi connectivity index (χ1n) is 5.68. The molecule has 0 atom stereocenters. The van der Waals surface area contributed by atoms with Gasteiger partial charge in [-0.2, -0.15) is 13.2 Å². The monoisotopic (exact) mass is 301 g/mol. The van der Waals surface area contributed by atoms with E-state index in [1.807, 2.05) is 0 Å². The van der Waals surface area contributed by atoms with Gasteiger partial charge in [0.1, 0.15) is 0 Å². The third kappa shape index (κ3) is 2.96. The Morgan fingerprint density at radius 1 is 1.40 bits per heavy atom. The highest BCUT2D eigenvalue weighted by atomic mass is 35.5. The molecule has 1 aromatic heterocycles. The van der Waals surface area contributed by atoms with Gasteiger partial charge < -0.3 is 5.32 Å². The molecule has 0 aliphatic heterocycles. The summed E-state index contributed by atoms with van der Waals surface area (Å²) in [5.41, 5.74) is -0.550. The second-order valence-corrected chi connectivity index (χ2v) is 4.36. The first-order chi connectivity index (χ1) is 9.43. The fraction of sp³-hybridized carbons (Fsp3) is 0.154. The lowest BCUT2D eigenvalue weighted by atomic mass is 10.2. The zero-order chi connectivity index (χ0) is 14.8. The van der Waals surface area contributed by atoms with Crippen LogP contribution in [0.1, 0.15) is 5.56 Å². The molecule has 1 heterocycles. The molecule has 0 saturated heterocycles. The zero-order valence-electron chi connectivity index (χ0n) is 10.3. The Balaban J connectivity index is 2.44. The maximum absolute atomic E-state index is 12.8. The number of nitrogens with one attached hydrogen (secondary N) is 1. The summed E-state index contributed by atoms with van der Waals surface area (Å²) in [6.07, 6.45) is 0.187. The zero-order valence-corrected chi connectivity index (χ0v) is 11.0. The first kappa shape index (κ1) is 14.5. The maximum Gasteiger partial charge on any atom is 0.417 e. The van der Waals surface area contributed by atoms with Crippen LogP contribution in [0.25, 0.3) is 5.69 Å². The van der Waals surface area contributed by atoms with Gasteiger partial charge in [0.15, 0.2) is 0 Å². The smallest absolute Gasteiger partial charge is 0.352 e. The second-order valence-electron chi connectivity index (χ2n) is 3.95. The van der Waals surface area contributed by atoms with E-state index in [4.69, 9.17) is 11.6 Å². The summed E-state index contributed by atoms with van der Waals surface area (Å²) in [6.45, 7) is 4.01. The molecule has 3 nitrogen and oxygen atoms in total. The highest BCUT2D eigenvalue weighted by Crippen LogP contribution is 2.36. The van der Waals surface area contributed by atoms with Crippen molar-refractivity contribution in [3.63, 3.8) is 0 Å². The van der Waals surface area contributed by atoms with Gasteiger partial charge in [0.05, 0.1) is 10.6 Å². The van der Waals surface area contributed by atoms with E-state index in [1.165, 1.54) is 22.9 Å². The molecule has 20 heavy (non-hydrogen) atoms. The number of hydrogen-bond acceptors (Lipinski definition) is 2. The Morgan fingerprint density at radius 2 is 2.15 bits per heavy atom. The number of imidazole rings is 1. The van der Waals surface area contributed by atoms with Crippen LogP contribution in [-0.2, 0) is 6.18 Å². The fourth-order valence-corrected chi connectivity index (χ4v) is 1.91. The van der Waals surface area contributed by atoms with Gasteiger partial charge in [0.25, 0.3) is 0 Å². The number of nitrogens with zero attached hydrogens (tertiary/aromatic N) is 2. The molecule has 1 aromatic carbocycles. The molecular formula is C13H11ClF3N3. The quantitative estimate of drug-likeness (QED) is 0.860. The van der Waals surface area contributed by atoms with Crippen molar-refractivity contribution in [3.8, 4) is 5.69 Å². The van der Waals surface area contributed by atoms with Crippen LogP contribution in [0.3, 0.4) is 0 Å². The average molecular weight is 302 g/mol. The molecule has 106 valence electrons. The van der Waals surface area contributed by atoms with Crippen molar-refractivity contribution in [2.45, 2.75) is 6.18 Å². The Bertz CT molecular complexity index is 620. The van der Waals surface area contributed by atoms with E-state index in [1.54, 1.807) is 12.3 Å². The van der Waals surface area contributed by atoms with E-state index in [2.05, 4.69) is 16.9 Å². The summed E-state index contributed by atoms with van der Waals surface area (Å²) in [4.78, 5) is 4.03. The van der Waals surface area contributed by atoms with Gasteiger partial charge in [-0.3, -0.25) is 4.57 Å². The minimum absolute atomic E-state index is 0.325. The Hall–Kier alpha value is -1.95. The standard InChI is InChI=1S/C13H11ClF3N3/c1-2-5-18-12-19-6-7-20(12)9-3-4-11(14)10(8-9)13(15,16)17/h2-4,6-8H,1,5H2,(H,18,19). The fourth-order valence-electron chi connectivity index (χ4n) is 1.69. The van der Waals surface area contributed by atoms with E-state index >= 15 is 0 Å². The predicted octanol–water partition coefficient (Wildman–Crippen LogP) is 4.14. The molecule has 0 aliphatic carbocycles. The van der Waals surface area contributed by atoms with Gasteiger partial charge in [-0.15, -0.1) is 6.58 Å². The lowest BCUT2D eigenvalue weighted by Gasteiger charge is -2.13. The van der Waals surface area contributed by atoms with Gasteiger partial charge in [0.2, 0.25) is 5.95 Å². The van der Waals surface area contributed by atoms with Gasteiger partial charge in [-0.1, -0.05) is 17.7 Å². The van der Waals surface area contributed by atoms with Crippen LogP contribution >= 0.6 is 11.6 Å². The van der Waals surface area contributed by atoms with E-state index in [9.17, 15) is 13.2 Å². The van der Waals surface area contributed by atoms with Crippen LogP contribution in [0.15, 0.2) is 43.2 Å². The second kappa shape index (κ2) is 5.58. The van der Waals surface area contributed by atoms with Crippen LogP contribution in [0, 0.1) is 0 Å². The largest absolute Gasteiger partial charge is 0.417 e. The Kier molecular flexibility index (Phi) is 4.04. The van der Waals surface area contributed by atoms with Crippen molar-refractivity contribution in [1.29, 1.82) is 0 Å². The van der Waals surface area contributed by atoms with Gasteiger partial charge in [-0.05, 0) is 18.2 Å². The molecule has 0 fully saturated rings. The molecule has 0 bridgehead atoms. The van der Waals surface area contributed by atoms with Crippen molar-refractivity contribution in [2.75, 3.05) is 11.9 Å². The van der Waals surface area contributed by atoms with E-state index in [-0.39, 0.29) is 5.02 Å². The number of aromatic nitrogens is 2. The number of rotatable bonds is 4. The number of anilines is 1. The number of hydrogen-bond donors (Lipinski definition) is 1. The number of halogens is 4. The summed E-state index contributed by atoms with van der Waals surface area (Å²) < 4.78 is 40.0. The van der Waals surface area contributed by atoms with Crippen molar-refractivity contribution in [1.82, 2.24) is 9.55 Å². The van der Waals surface area contributed by atoms with E-state index in [0.717, 1.165) is 6.07 Å². The van der Waals surface area contributed by atoms with Crippen LogP contribution in [0.4, 0.5) is 19.1 Å². The van der Waals surface area contributed by atoms with Crippen LogP contribution < -0.4 is 5.32 Å². The lowest BCUT2D eigenvalue weighted by Crippen LogP contribution is -2.09. The summed E-state index contributed by atoms with van der Waals surface area (Å²) >= 11 is 5.59. The van der Waals surface area contributed by atoms with Crippen LogP contribution in [0.2, 0.25) is 5.02 Å². The summed E-state index contributed by atoms with van der Waals surface area (Å²) in [5, 5.41) is 2.60. The topological polar surface area (TPSA) is 29.9 Å². The molecule has 0 aliphatic rings. The highest BCUT2D eigenvalue weighted by Gasteiger charge is 2.33. The predicted molar refractivity (Wildman–Crippen MR) is 72.3 cm³/mol. The molecule has 1 N–H and O–H groups in total. The van der Waals surface area contributed by atoms with Crippen molar-refractivity contribution in [2.24, 2.45) is 0 Å². The summed E-state index contributed by atoms with van der Waals surface area (Å²) in [5.74, 6) is 0.431. The normalized spacial score (nSPS) is 11.4. The van der Waals surface area contributed by atoms with Crippen molar-refractivity contribution < 1.29 is 13.2 Å². The summed E-state index contributed by atoms with van der Waals surface area (Å²) in [7, 11) is 0. The Morgan fingerprint density at radius 3 is 2.80 bits per heavy atom. The SMILES string of the molecule is C=CCNc1nccn1-c1ccc(Cl)c(C(F)(F)F)c1. The lowest BCUT2D eigenvalue weighted by molar-refractivity contribution is -0.137. The average Bonchev–Trinajstić information content (AvgIpc) is 2.84. The minimum atomic E-state index is -4.50. The third-order valence-electron chi connectivity index (χ3n) is 2.58. The maximum atomic E-state index is 12.8. The molecule has 0 amide bonds. The third-order valence-corrected chi connectivity index (χ3v) is 2.91. The molecule has 7 heteroatoms. The molecule has 0 spiro atoms. The van der Waals surface area contributed by atoms with Crippen LogP contribution in [0.5, 0.6) is 0 Å². The molecule has 2 rings (SSSR count). The van der Waals surface area contributed by atoms with E-state index < -0.39 is 11.7 Å². The van der Waals surface area contributed by atoms with Crippen molar-refractivity contribution >= 4 is 17.5 Å². The first-order valence-corrected chi connectivity index (χ1v) is 6.06. The number of benzene rings is 1. The van der Waals surface area contributed by atoms with Gasteiger partial charge >= 0.3 is 6.18 Å². The summed E-state index contributed by atoms with van der Waals surface area (Å²) in [6, 6.07) is 3.71.